The summed E-state index contributed by atoms with van der Waals surface area (Å²) in [5.41, 5.74) is -0.250. The Bertz CT molecular complexity index is 323. The second-order valence-electron chi connectivity index (χ2n) is 7.51. The van der Waals surface area contributed by atoms with Crippen LogP contribution >= 0.6 is 15.9 Å². The van der Waals surface area contributed by atoms with E-state index in [1.165, 1.54) is 0 Å². The van der Waals surface area contributed by atoms with Crippen molar-refractivity contribution in [2.75, 3.05) is 11.9 Å². The monoisotopic (exact) mass is 333 g/mol. The van der Waals surface area contributed by atoms with Crippen LogP contribution < -0.4 is 0 Å². The van der Waals surface area contributed by atoms with Gasteiger partial charge in [0.2, 0.25) is 0 Å². The summed E-state index contributed by atoms with van der Waals surface area (Å²) in [5.74, 6) is 0.448. The molecule has 3 nitrogen and oxygen atoms in total. The third-order valence-electron chi connectivity index (χ3n) is 3.64. The molecule has 2 atom stereocenters. The lowest BCUT2D eigenvalue weighted by atomic mass is 9.79. The minimum absolute atomic E-state index is 0.168. The van der Waals surface area contributed by atoms with E-state index < -0.39 is 5.60 Å². The van der Waals surface area contributed by atoms with Crippen molar-refractivity contribution in [2.24, 2.45) is 11.3 Å². The van der Waals surface area contributed by atoms with Crippen molar-refractivity contribution >= 4 is 22.0 Å². The number of carbonyl (C=O) groups is 1. The number of nitrogens with zero attached hydrogens (tertiary/aromatic N) is 1. The summed E-state index contributed by atoms with van der Waals surface area (Å²) in [6.45, 7) is 13.2. The fourth-order valence-electron chi connectivity index (χ4n) is 2.57. The molecule has 0 bridgehead atoms. The Balaban J connectivity index is 2.85. The number of amides is 1. The molecule has 0 aromatic rings. The van der Waals surface area contributed by atoms with E-state index in [2.05, 4.69) is 36.7 Å². The van der Waals surface area contributed by atoms with Gasteiger partial charge in [0.1, 0.15) is 5.60 Å². The number of likely N-dealkylation sites (tertiary alicyclic amines) is 1. The molecule has 0 radical (unpaired) electrons. The van der Waals surface area contributed by atoms with E-state index in [1.807, 2.05) is 25.7 Å². The fourth-order valence-corrected chi connectivity index (χ4v) is 3.00. The third-order valence-corrected chi connectivity index (χ3v) is 4.67. The number of piperidine rings is 1. The van der Waals surface area contributed by atoms with E-state index in [0.717, 1.165) is 24.7 Å². The van der Waals surface area contributed by atoms with Crippen LogP contribution in [0.3, 0.4) is 0 Å². The van der Waals surface area contributed by atoms with E-state index in [-0.39, 0.29) is 17.6 Å². The van der Waals surface area contributed by atoms with E-state index >= 15 is 0 Å². The molecule has 1 aliphatic rings. The van der Waals surface area contributed by atoms with Gasteiger partial charge >= 0.3 is 6.09 Å². The van der Waals surface area contributed by atoms with Crippen molar-refractivity contribution < 1.29 is 9.53 Å². The normalized spacial score (nSPS) is 25.0. The first-order chi connectivity index (χ1) is 8.56. The molecule has 1 fully saturated rings. The summed E-state index contributed by atoms with van der Waals surface area (Å²) in [6.07, 6.45) is 2.05. The summed E-state index contributed by atoms with van der Waals surface area (Å²) in [6, 6.07) is 0.280. The highest BCUT2D eigenvalue weighted by atomic mass is 79.9. The number of carbonyl (C=O) groups excluding carboxylic acids is 1. The first-order valence-corrected chi connectivity index (χ1v) is 8.23. The molecule has 19 heavy (non-hydrogen) atoms. The third kappa shape index (κ3) is 4.97. The first kappa shape index (κ1) is 16.8. The molecule has 0 aliphatic carbocycles. The number of ether oxygens (including phenoxy) is 1. The fraction of sp³-hybridized carbons (Fsp3) is 0.933. The smallest absolute Gasteiger partial charge is 0.410 e. The van der Waals surface area contributed by atoms with Gasteiger partial charge in [0.25, 0.3) is 0 Å². The van der Waals surface area contributed by atoms with Crippen molar-refractivity contribution in [3.05, 3.63) is 0 Å². The Labute approximate surface area is 126 Å². The highest BCUT2D eigenvalue weighted by Crippen LogP contribution is 2.35. The zero-order valence-electron chi connectivity index (χ0n) is 13.1. The Hall–Kier alpha value is -0.250. The molecule has 1 amide bonds. The van der Waals surface area contributed by atoms with Crippen LogP contribution in [0.2, 0.25) is 0 Å². The van der Waals surface area contributed by atoms with Crippen molar-refractivity contribution in [1.82, 2.24) is 4.90 Å². The van der Waals surface area contributed by atoms with E-state index in [9.17, 15) is 4.79 Å². The molecule has 0 saturated carbocycles. The molecule has 1 aliphatic heterocycles. The van der Waals surface area contributed by atoms with Crippen LogP contribution in [0.4, 0.5) is 4.79 Å². The summed E-state index contributed by atoms with van der Waals surface area (Å²) in [4.78, 5) is 14.4. The zero-order chi connectivity index (χ0) is 14.8. The maximum Gasteiger partial charge on any atom is 0.410 e. The topological polar surface area (TPSA) is 29.5 Å². The molecule has 1 saturated heterocycles. The van der Waals surface area contributed by atoms with Crippen LogP contribution in [0, 0.1) is 11.3 Å². The molecule has 0 aromatic carbocycles. The first-order valence-electron chi connectivity index (χ1n) is 7.11. The van der Waals surface area contributed by atoms with Gasteiger partial charge < -0.3 is 9.64 Å². The second-order valence-corrected chi connectivity index (χ2v) is 8.16. The molecule has 0 aromatic heterocycles. The maximum atomic E-state index is 12.4. The second kappa shape index (κ2) is 6.02. The lowest BCUT2D eigenvalue weighted by molar-refractivity contribution is -0.0149. The Morgan fingerprint density at radius 1 is 1.47 bits per heavy atom. The standard InChI is InChI=1S/C15H28BrNO2/c1-11(9-16)12-7-8-15(5,6)10-17(12)13(18)19-14(2,3)4/h11-12H,7-10H2,1-6H3. The lowest BCUT2D eigenvalue weighted by Gasteiger charge is -2.45. The minimum atomic E-state index is -0.430. The Morgan fingerprint density at radius 2 is 2.05 bits per heavy atom. The van der Waals surface area contributed by atoms with Crippen LogP contribution in [-0.2, 0) is 4.74 Å². The molecule has 1 heterocycles. The largest absolute Gasteiger partial charge is 0.444 e. The number of hydrogen-bond donors (Lipinski definition) is 0. The van der Waals surface area contributed by atoms with Gasteiger partial charge in [-0.2, -0.15) is 0 Å². The maximum absolute atomic E-state index is 12.4. The minimum Gasteiger partial charge on any atom is -0.444 e. The molecule has 1 rings (SSSR count). The SMILES string of the molecule is CC(CBr)C1CCC(C)(C)CN1C(=O)OC(C)(C)C. The van der Waals surface area contributed by atoms with Gasteiger partial charge in [-0.15, -0.1) is 0 Å². The van der Waals surface area contributed by atoms with Gasteiger partial charge in [0.05, 0.1) is 0 Å². The van der Waals surface area contributed by atoms with Crippen molar-refractivity contribution in [1.29, 1.82) is 0 Å². The highest BCUT2D eigenvalue weighted by molar-refractivity contribution is 9.09. The molecule has 0 spiro atoms. The van der Waals surface area contributed by atoms with Gasteiger partial charge in [0, 0.05) is 17.9 Å². The van der Waals surface area contributed by atoms with E-state index in [0.29, 0.717) is 5.92 Å². The molecule has 2 unspecified atom stereocenters. The molecule has 0 N–H and O–H groups in total. The zero-order valence-corrected chi connectivity index (χ0v) is 14.7. The van der Waals surface area contributed by atoms with Gasteiger partial charge in [-0.3, -0.25) is 0 Å². The number of hydrogen-bond acceptors (Lipinski definition) is 2. The summed E-state index contributed by atoms with van der Waals surface area (Å²) in [7, 11) is 0. The number of halogens is 1. The van der Waals surface area contributed by atoms with Gasteiger partial charge in [-0.1, -0.05) is 36.7 Å². The predicted molar refractivity (Wildman–Crippen MR) is 82.7 cm³/mol. The summed E-state index contributed by atoms with van der Waals surface area (Å²) < 4.78 is 5.57. The van der Waals surface area contributed by atoms with E-state index in [1.54, 1.807) is 0 Å². The number of rotatable bonds is 2. The van der Waals surface area contributed by atoms with Crippen LogP contribution in [0.5, 0.6) is 0 Å². The quantitative estimate of drug-likeness (QED) is 0.699. The van der Waals surface area contributed by atoms with Gasteiger partial charge in [-0.05, 0) is 44.9 Å². The van der Waals surface area contributed by atoms with Crippen LogP contribution in [0.25, 0.3) is 0 Å². The molecular formula is C15H28BrNO2. The van der Waals surface area contributed by atoms with Gasteiger partial charge in [-0.25, -0.2) is 4.79 Å². The average molecular weight is 334 g/mol. The summed E-state index contributed by atoms with van der Waals surface area (Å²) >= 11 is 3.54. The predicted octanol–water partition coefficient (Wildman–Crippen LogP) is 4.44. The number of alkyl halides is 1. The van der Waals surface area contributed by atoms with Crippen molar-refractivity contribution in [2.45, 2.75) is 66.0 Å². The average Bonchev–Trinajstić information content (AvgIpc) is 2.24. The van der Waals surface area contributed by atoms with E-state index in [4.69, 9.17) is 4.74 Å². The molecule has 4 heteroatoms. The van der Waals surface area contributed by atoms with Crippen molar-refractivity contribution in [3.8, 4) is 0 Å². The van der Waals surface area contributed by atoms with Crippen LogP contribution in [-0.4, -0.2) is 34.5 Å². The summed E-state index contributed by atoms with van der Waals surface area (Å²) in [5, 5.41) is 0.914. The Morgan fingerprint density at radius 3 is 2.53 bits per heavy atom. The molecular weight excluding hydrogens is 306 g/mol. The lowest BCUT2D eigenvalue weighted by Crippen LogP contribution is -2.53. The Kier molecular flexibility index (Phi) is 5.33. The van der Waals surface area contributed by atoms with Crippen LogP contribution in [0.1, 0.15) is 54.4 Å². The van der Waals surface area contributed by atoms with Crippen LogP contribution in [0.15, 0.2) is 0 Å². The van der Waals surface area contributed by atoms with Crippen molar-refractivity contribution in [3.63, 3.8) is 0 Å². The molecule has 112 valence electrons. The highest BCUT2D eigenvalue weighted by Gasteiger charge is 2.39. The van der Waals surface area contributed by atoms with Gasteiger partial charge in [0.15, 0.2) is 0 Å².